The van der Waals surface area contributed by atoms with Crippen LogP contribution in [0.2, 0.25) is 0 Å². The molecule has 0 unspecified atom stereocenters. The summed E-state index contributed by atoms with van der Waals surface area (Å²) in [6.45, 7) is 11.5. The number of hydrogen-bond donors (Lipinski definition) is 0. The first-order chi connectivity index (χ1) is 7.81. The second kappa shape index (κ2) is 8.05. The van der Waals surface area contributed by atoms with Crippen molar-refractivity contribution >= 4 is 6.16 Å². The van der Waals surface area contributed by atoms with Crippen molar-refractivity contribution in [3.05, 3.63) is 12.2 Å². The highest BCUT2D eigenvalue weighted by Gasteiger charge is 2.14. The van der Waals surface area contributed by atoms with E-state index < -0.39 is 11.8 Å². The maximum atomic E-state index is 10.9. The maximum Gasteiger partial charge on any atom is 0.542 e. The highest BCUT2D eigenvalue weighted by atomic mass is 17.5. The average Bonchev–Trinajstić information content (AvgIpc) is 2.14. The summed E-state index contributed by atoms with van der Waals surface area (Å²) >= 11 is 0. The van der Waals surface area contributed by atoms with Gasteiger partial charge in [0.2, 0.25) is 0 Å². The Labute approximate surface area is 101 Å². The van der Waals surface area contributed by atoms with Crippen LogP contribution in [0.5, 0.6) is 0 Å². The zero-order valence-electron chi connectivity index (χ0n) is 10.8. The van der Waals surface area contributed by atoms with Gasteiger partial charge in [0, 0.05) is 0 Å². The van der Waals surface area contributed by atoms with Crippen molar-refractivity contribution in [3.8, 4) is 0 Å². The molecule has 0 fully saturated rings. The van der Waals surface area contributed by atoms with Crippen LogP contribution >= 0.6 is 0 Å². The number of rotatable bonds is 7. The van der Waals surface area contributed by atoms with Gasteiger partial charge in [0.15, 0.2) is 0 Å². The summed E-state index contributed by atoms with van der Waals surface area (Å²) in [5.41, 5.74) is 0.333. The Balaban J connectivity index is 3.38. The molecule has 0 amide bonds. The molecular weight excluding hydrogens is 228 g/mol. The zero-order valence-corrected chi connectivity index (χ0v) is 10.8. The lowest BCUT2D eigenvalue weighted by Crippen LogP contribution is -2.21. The molecular formula is C11H20O6. The van der Waals surface area contributed by atoms with Crippen molar-refractivity contribution in [3.63, 3.8) is 0 Å². The molecule has 17 heavy (non-hydrogen) atoms. The van der Waals surface area contributed by atoms with Gasteiger partial charge in [0.25, 0.3) is 0 Å². The Morgan fingerprint density at radius 1 is 1.24 bits per heavy atom. The van der Waals surface area contributed by atoms with E-state index in [2.05, 4.69) is 21.2 Å². The smallest absolute Gasteiger partial charge is 0.430 e. The summed E-state index contributed by atoms with van der Waals surface area (Å²) < 4.78 is 9.72. The largest absolute Gasteiger partial charge is 0.542 e. The van der Waals surface area contributed by atoms with Crippen molar-refractivity contribution in [2.24, 2.45) is 0 Å². The first kappa shape index (κ1) is 15.9. The van der Waals surface area contributed by atoms with E-state index in [1.165, 1.54) is 0 Å². The van der Waals surface area contributed by atoms with Gasteiger partial charge in [0.05, 0.1) is 18.8 Å². The molecule has 0 aromatic heterocycles. The first-order valence-electron chi connectivity index (χ1n) is 5.22. The first-order valence-corrected chi connectivity index (χ1v) is 5.22. The number of carbonyl (C=O) groups excluding carboxylic acids is 1. The third kappa shape index (κ3) is 12.8. The van der Waals surface area contributed by atoms with Gasteiger partial charge in [-0.05, 0) is 32.7 Å². The third-order valence-corrected chi connectivity index (χ3v) is 1.18. The summed E-state index contributed by atoms with van der Waals surface area (Å²) in [5, 5.41) is 4.23. The monoisotopic (exact) mass is 248 g/mol. The molecule has 6 nitrogen and oxygen atoms in total. The van der Waals surface area contributed by atoms with E-state index in [1.807, 2.05) is 6.92 Å². The van der Waals surface area contributed by atoms with Gasteiger partial charge >= 0.3 is 6.16 Å². The fourth-order valence-corrected chi connectivity index (χ4v) is 0.601. The van der Waals surface area contributed by atoms with Gasteiger partial charge in [0.1, 0.15) is 6.61 Å². The predicted octanol–water partition coefficient (Wildman–Crippen LogP) is 2.39. The molecule has 0 aromatic rings. The summed E-state index contributed by atoms with van der Waals surface area (Å²) in [4.78, 5) is 19.8. The van der Waals surface area contributed by atoms with E-state index in [9.17, 15) is 4.79 Å². The molecule has 0 heterocycles. The van der Waals surface area contributed by atoms with Crippen LogP contribution in [0.3, 0.4) is 0 Å². The molecule has 0 aliphatic rings. The molecule has 0 saturated heterocycles. The van der Waals surface area contributed by atoms with Crippen LogP contribution in [0, 0.1) is 0 Å². The molecule has 0 rings (SSSR count). The lowest BCUT2D eigenvalue weighted by molar-refractivity contribution is -0.514. The topological polar surface area (TPSA) is 63.2 Å². The van der Waals surface area contributed by atoms with Crippen LogP contribution < -0.4 is 0 Å². The molecule has 0 saturated carbocycles. The quantitative estimate of drug-likeness (QED) is 0.227. The second-order valence-electron chi connectivity index (χ2n) is 4.46. The van der Waals surface area contributed by atoms with E-state index in [1.54, 1.807) is 20.8 Å². The summed E-state index contributed by atoms with van der Waals surface area (Å²) in [5.74, 6) is 0. The molecule has 0 atom stereocenters. The standard InChI is InChI=1S/C11H20O6/c1-9(2)8-13-6-7-14-10(12)15-17-16-11(3,4)5/h1,6-8H2,2-5H3. The van der Waals surface area contributed by atoms with Crippen LogP contribution in [-0.4, -0.2) is 31.6 Å². The predicted molar refractivity (Wildman–Crippen MR) is 60.0 cm³/mol. The minimum atomic E-state index is -0.979. The van der Waals surface area contributed by atoms with Crippen molar-refractivity contribution < 1.29 is 29.1 Å². The number of carbonyl (C=O) groups is 1. The van der Waals surface area contributed by atoms with E-state index in [4.69, 9.17) is 9.62 Å². The molecule has 0 aliphatic carbocycles. The average molecular weight is 248 g/mol. The highest BCUT2D eigenvalue weighted by molar-refractivity contribution is 5.58. The molecule has 0 N–H and O–H groups in total. The van der Waals surface area contributed by atoms with Gasteiger partial charge in [-0.3, -0.25) is 0 Å². The second-order valence-corrected chi connectivity index (χ2v) is 4.46. The molecule has 0 radical (unpaired) electrons. The molecule has 0 aliphatic heterocycles. The van der Waals surface area contributed by atoms with E-state index >= 15 is 0 Å². The van der Waals surface area contributed by atoms with Gasteiger partial charge in [-0.15, -0.1) is 0 Å². The molecule has 100 valence electrons. The minimum Gasteiger partial charge on any atom is -0.430 e. The van der Waals surface area contributed by atoms with E-state index in [0.717, 1.165) is 5.57 Å². The molecule has 6 heteroatoms. The van der Waals surface area contributed by atoms with Gasteiger partial charge in [-0.1, -0.05) is 12.2 Å². The maximum absolute atomic E-state index is 10.9. The molecule has 0 bridgehead atoms. The Hall–Kier alpha value is -1.11. The SMILES string of the molecule is C=C(C)COCCOC(=O)OOOC(C)(C)C. The van der Waals surface area contributed by atoms with Crippen LogP contribution in [0.25, 0.3) is 0 Å². The summed E-state index contributed by atoms with van der Waals surface area (Å²) in [7, 11) is 0. The summed E-state index contributed by atoms with van der Waals surface area (Å²) in [6, 6.07) is 0. The van der Waals surface area contributed by atoms with Crippen molar-refractivity contribution in [2.75, 3.05) is 19.8 Å². The fraction of sp³-hybridized carbons (Fsp3) is 0.727. The van der Waals surface area contributed by atoms with E-state index in [-0.39, 0.29) is 13.2 Å². The fourth-order valence-electron chi connectivity index (χ4n) is 0.601. The van der Waals surface area contributed by atoms with Crippen LogP contribution in [-0.2, 0) is 24.3 Å². The van der Waals surface area contributed by atoms with Crippen LogP contribution in [0.4, 0.5) is 4.79 Å². The van der Waals surface area contributed by atoms with Crippen molar-refractivity contribution in [1.82, 2.24) is 0 Å². The van der Waals surface area contributed by atoms with E-state index in [0.29, 0.717) is 6.61 Å². The van der Waals surface area contributed by atoms with Gasteiger partial charge in [-0.2, -0.15) is 4.89 Å². The Bertz CT molecular complexity index is 243. The molecule has 0 aromatic carbocycles. The van der Waals surface area contributed by atoms with Crippen molar-refractivity contribution in [1.29, 1.82) is 0 Å². The van der Waals surface area contributed by atoms with Gasteiger partial charge in [-0.25, -0.2) is 9.68 Å². The lowest BCUT2D eigenvalue weighted by atomic mass is 10.2. The minimum absolute atomic E-state index is 0.0744. The van der Waals surface area contributed by atoms with Crippen molar-refractivity contribution in [2.45, 2.75) is 33.3 Å². The highest BCUT2D eigenvalue weighted by Crippen LogP contribution is 2.07. The van der Waals surface area contributed by atoms with Crippen LogP contribution in [0.1, 0.15) is 27.7 Å². The Morgan fingerprint density at radius 2 is 1.88 bits per heavy atom. The van der Waals surface area contributed by atoms with Gasteiger partial charge < -0.3 is 9.47 Å². The molecule has 0 spiro atoms. The third-order valence-electron chi connectivity index (χ3n) is 1.18. The lowest BCUT2D eigenvalue weighted by Gasteiger charge is -2.15. The number of hydrogen-bond acceptors (Lipinski definition) is 6. The Kier molecular flexibility index (Phi) is 7.53. The zero-order chi connectivity index (χ0) is 13.3. The normalized spacial score (nSPS) is 11.1. The van der Waals surface area contributed by atoms with Crippen LogP contribution in [0.15, 0.2) is 12.2 Å². The summed E-state index contributed by atoms with van der Waals surface area (Å²) in [6.07, 6.45) is -0.979. The number of ether oxygens (including phenoxy) is 2. The Morgan fingerprint density at radius 3 is 2.41 bits per heavy atom.